The van der Waals surface area contributed by atoms with E-state index in [0.29, 0.717) is 0 Å². The zero-order chi connectivity index (χ0) is 11.6. The van der Waals surface area contributed by atoms with Crippen LogP contribution in [0.3, 0.4) is 0 Å². The lowest BCUT2D eigenvalue weighted by atomic mass is 10.2. The maximum Gasteiger partial charge on any atom is 0.122 e. The molecule has 0 amide bonds. The molecule has 17 heavy (non-hydrogen) atoms. The number of rotatable bonds is 0. The second kappa shape index (κ2) is 3.34. The Bertz CT molecular complexity index is 528. The normalized spacial score (nSPS) is 28.6. The number of hydrogen-bond acceptors (Lipinski definition) is 2. The van der Waals surface area contributed by atoms with Crippen LogP contribution in [0, 0.1) is 0 Å². The Hall–Kier alpha value is -0.383. The summed E-state index contributed by atoms with van der Waals surface area (Å²) in [5.41, 5.74) is 0. The molecule has 88 valence electrons. The first-order valence-electron chi connectivity index (χ1n) is 6.38. The third-order valence-corrected chi connectivity index (χ3v) is 12.8. The molecule has 0 saturated heterocycles. The molecular weight excluding hydrogens is 260 g/mol. The van der Waals surface area contributed by atoms with E-state index in [1.165, 1.54) is 12.1 Å². The van der Waals surface area contributed by atoms with E-state index in [4.69, 9.17) is 0 Å². The molecule has 0 bridgehead atoms. The number of fused-ring (bicyclic) bond motifs is 4. The van der Waals surface area contributed by atoms with Gasteiger partial charge in [-0.1, -0.05) is 26.0 Å². The summed E-state index contributed by atoms with van der Waals surface area (Å²) >= 11 is 4.00. The fourth-order valence-electron chi connectivity index (χ4n) is 4.09. The van der Waals surface area contributed by atoms with Crippen LogP contribution in [-0.4, -0.2) is 8.07 Å². The van der Waals surface area contributed by atoms with Gasteiger partial charge in [-0.15, -0.1) is 22.7 Å². The summed E-state index contributed by atoms with van der Waals surface area (Å²) in [4.78, 5) is 3.42. The van der Waals surface area contributed by atoms with Gasteiger partial charge in [0.05, 0.1) is 0 Å². The zero-order valence-corrected chi connectivity index (χ0v) is 12.8. The molecule has 0 aliphatic carbocycles. The third kappa shape index (κ3) is 1.18. The van der Waals surface area contributed by atoms with Gasteiger partial charge in [-0.3, -0.25) is 0 Å². The Morgan fingerprint density at radius 3 is 1.88 bits per heavy atom. The summed E-state index contributed by atoms with van der Waals surface area (Å²) in [7, 11) is -1.31. The van der Waals surface area contributed by atoms with E-state index >= 15 is 0 Å². The highest BCUT2D eigenvalue weighted by molar-refractivity contribution is 7.19. The Balaban J connectivity index is 1.98. The minimum Gasteiger partial charge on any atom is -0.149 e. The molecule has 0 fully saturated rings. The number of hydrogen-bond donors (Lipinski definition) is 0. The summed E-state index contributed by atoms with van der Waals surface area (Å²) in [6, 6.07) is 7.86. The molecule has 0 N–H and O–H groups in total. The molecule has 0 saturated carbocycles. The van der Waals surface area contributed by atoms with Crippen molar-refractivity contribution in [1.82, 2.24) is 0 Å². The molecule has 3 heteroatoms. The van der Waals surface area contributed by atoms with Crippen LogP contribution in [0.5, 0.6) is 0 Å². The molecule has 0 unspecified atom stereocenters. The maximum absolute atomic E-state index is 2.45. The maximum atomic E-state index is 2.45. The van der Waals surface area contributed by atoms with Gasteiger partial charge < -0.3 is 0 Å². The van der Waals surface area contributed by atoms with Gasteiger partial charge in [-0.25, -0.2) is 0 Å². The monoisotopic (exact) mass is 276 g/mol. The lowest BCUT2D eigenvalue weighted by molar-refractivity contribution is 0.869. The van der Waals surface area contributed by atoms with E-state index in [1.807, 2.05) is 22.7 Å². The van der Waals surface area contributed by atoms with E-state index in [1.54, 1.807) is 20.1 Å². The predicted octanol–water partition coefficient (Wildman–Crippen LogP) is 3.61. The van der Waals surface area contributed by atoms with Gasteiger partial charge in [0, 0.05) is 9.75 Å². The molecule has 1 spiro atoms. The second-order valence-corrected chi connectivity index (χ2v) is 11.6. The predicted molar refractivity (Wildman–Crippen MR) is 80.1 cm³/mol. The van der Waals surface area contributed by atoms with Crippen LogP contribution in [0.15, 0.2) is 22.9 Å². The molecule has 2 aliphatic rings. The van der Waals surface area contributed by atoms with E-state index in [-0.39, 0.29) is 0 Å². The fraction of sp³-hybridized carbons (Fsp3) is 0.429. The standard InChI is InChI=1S/C14H16S2Si/c1-9-7-17(11-3-5-15-13(9)11)8-10(2)14-12(17)4-6-16-14/h3-6,9-10H,7-8H2,1-2H3/t9-,10-,17?/m1/s1. The Morgan fingerprint density at radius 2 is 1.41 bits per heavy atom. The topological polar surface area (TPSA) is 0 Å². The Kier molecular flexibility index (Phi) is 2.07. The molecule has 0 nitrogen and oxygen atoms in total. The van der Waals surface area contributed by atoms with Crippen LogP contribution >= 0.6 is 22.7 Å². The molecule has 0 radical (unpaired) electrons. The van der Waals surface area contributed by atoms with Crippen LogP contribution in [0.2, 0.25) is 12.1 Å². The van der Waals surface area contributed by atoms with Crippen LogP contribution < -0.4 is 10.4 Å². The minimum atomic E-state index is -1.31. The average Bonchev–Trinajstić information content (AvgIpc) is 2.99. The molecule has 2 aliphatic heterocycles. The lowest BCUT2D eigenvalue weighted by Crippen LogP contribution is -2.52. The molecule has 4 heterocycles. The number of thiophene rings is 2. The van der Waals surface area contributed by atoms with Crippen molar-refractivity contribution in [2.45, 2.75) is 37.8 Å². The van der Waals surface area contributed by atoms with Crippen molar-refractivity contribution < 1.29 is 0 Å². The van der Waals surface area contributed by atoms with Crippen molar-refractivity contribution in [2.24, 2.45) is 0 Å². The quantitative estimate of drug-likeness (QED) is 0.645. The summed E-state index contributed by atoms with van der Waals surface area (Å²) in [6.07, 6.45) is 0. The minimum absolute atomic E-state index is 0.815. The van der Waals surface area contributed by atoms with Gasteiger partial charge in [0.1, 0.15) is 8.07 Å². The SMILES string of the molecule is C[C@@H]1C[Si]2(C[C@@H](C)c3sccc32)c2ccsc21. The van der Waals surface area contributed by atoms with Crippen LogP contribution in [0.1, 0.15) is 35.4 Å². The van der Waals surface area contributed by atoms with Crippen LogP contribution in [0.4, 0.5) is 0 Å². The van der Waals surface area contributed by atoms with Crippen molar-refractivity contribution in [3.63, 3.8) is 0 Å². The van der Waals surface area contributed by atoms with Crippen molar-refractivity contribution in [3.05, 3.63) is 32.6 Å². The first kappa shape index (κ1) is 10.5. The molecule has 0 aromatic carbocycles. The molecule has 2 atom stereocenters. The second-order valence-electron chi connectivity index (χ2n) is 5.69. The Morgan fingerprint density at radius 1 is 0.941 bits per heavy atom. The van der Waals surface area contributed by atoms with E-state index in [0.717, 1.165) is 11.8 Å². The van der Waals surface area contributed by atoms with E-state index in [2.05, 4.69) is 36.7 Å². The lowest BCUT2D eigenvalue weighted by Gasteiger charge is -2.22. The molecule has 2 aromatic rings. The first-order valence-corrected chi connectivity index (χ1v) is 10.6. The molecule has 4 rings (SSSR count). The van der Waals surface area contributed by atoms with Gasteiger partial charge in [-0.05, 0) is 45.1 Å². The zero-order valence-electron chi connectivity index (χ0n) is 10.2. The summed E-state index contributed by atoms with van der Waals surface area (Å²) in [6.45, 7) is 4.87. The third-order valence-electron chi connectivity index (χ3n) is 4.63. The fourth-order valence-corrected chi connectivity index (χ4v) is 14.0. The van der Waals surface area contributed by atoms with Gasteiger partial charge in [0.2, 0.25) is 0 Å². The highest BCUT2D eigenvalue weighted by Gasteiger charge is 2.52. The van der Waals surface area contributed by atoms with Crippen LogP contribution in [-0.2, 0) is 0 Å². The van der Waals surface area contributed by atoms with Crippen molar-refractivity contribution in [1.29, 1.82) is 0 Å². The molecular formula is C14H16S2Si. The van der Waals surface area contributed by atoms with Gasteiger partial charge >= 0.3 is 0 Å². The summed E-state index contributed by atoms with van der Waals surface area (Å²) in [5, 5.41) is 8.23. The van der Waals surface area contributed by atoms with E-state index < -0.39 is 8.07 Å². The van der Waals surface area contributed by atoms with Crippen molar-refractivity contribution in [2.75, 3.05) is 0 Å². The van der Waals surface area contributed by atoms with Gasteiger partial charge in [-0.2, -0.15) is 0 Å². The molecule has 2 aromatic heterocycles. The Labute approximate surface area is 111 Å². The smallest absolute Gasteiger partial charge is 0.122 e. The highest BCUT2D eigenvalue weighted by Crippen LogP contribution is 2.46. The summed E-state index contributed by atoms with van der Waals surface area (Å²) in [5.74, 6) is 1.63. The first-order chi connectivity index (χ1) is 8.22. The summed E-state index contributed by atoms with van der Waals surface area (Å²) < 4.78 is 0. The average molecular weight is 277 g/mol. The van der Waals surface area contributed by atoms with Crippen molar-refractivity contribution in [3.8, 4) is 0 Å². The van der Waals surface area contributed by atoms with Gasteiger partial charge in [0.25, 0.3) is 0 Å². The van der Waals surface area contributed by atoms with Gasteiger partial charge in [0.15, 0.2) is 0 Å². The van der Waals surface area contributed by atoms with E-state index in [9.17, 15) is 0 Å². The van der Waals surface area contributed by atoms with Crippen molar-refractivity contribution >= 4 is 41.1 Å². The highest BCUT2D eigenvalue weighted by atomic mass is 32.1. The van der Waals surface area contributed by atoms with Crippen LogP contribution in [0.25, 0.3) is 0 Å². The largest absolute Gasteiger partial charge is 0.149 e.